The first-order chi connectivity index (χ1) is 12.2. The van der Waals surface area contributed by atoms with Crippen LogP contribution in [-0.4, -0.2) is 16.6 Å². The maximum Gasteiger partial charge on any atom is 0.339 e. The molecule has 2 aromatic carbocycles. The van der Waals surface area contributed by atoms with Crippen LogP contribution < -0.4 is 10.1 Å². The third kappa shape index (κ3) is 6.65. The Morgan fingerprint density at radius 1 is 1.04 bits per heavy atom. The molecule has 0 fully saturated rings. The summed E-state index contributed by atoms with van der Waals surface area (Å²) in [6, 6.07) is 15.9. The summed E-state index contributed by atoms with van der Waals surface area (Å²) in [6.45, 7) is 6.00. The van der Waals surface area contributed by atoms with Crippen molar-refractivity contribution in [2.45, 2.75) is 26.3 Å². The van der Waals surface area contributed by atoms with Crippen LogP contribution in [0.15, 0.2) is 72.5 Å². The molecule has 0 aliphatic carbocycles. The maximum absolute atomic E-state index is 11.9. The summed E-state index contributed by atoms with van der Waals surface area (Å²) in [5, 5.41) is 14.1. The van der Waals surface area contributed by atoms with Gasteiger partial charge < -0.3 is 15.2 Å². The molecule has 0 saturated carbocycles. The maximum atomic E-state index is 11.9. The Morgan fingerprint density at radius 3 is 2.23 bits per heavy atom. The minimum absolute atomic E-state index is 0.215. The topological polar surface area (TPSA) is 58.6 Å². The zero-order valence-electron chi connectivity index (χ0n) is 15.0. The number of halogens is 1. The second kappa shape index (κ2) is 8.59. The number of carbonyl (C=O) groups is 1. The minimum atomic E-state index is -0.656. The number of nitrogens with one attached hydrogen (secondary N) is 1. The Morgan fingerprint density at radius 2 is 1.65 bits per heavy atom. The molecule has 26 heavy (non-hydrogen) atoms. The number of allylic oxidation sites excluding steroid dienone is 1. The van der Waals surface area contributed by atoms with Crippen LogP contribution in [0.1, 0.15) is 26.3 Å². The Kier molecular flexibility index (Phi) is 6.47. The van der Waals surface area contributed by atoms with E-state index in [1.807, 2.05) is 39.0 Å². The molecule has 136 valence electrons. The number of aliphatic hydroxyl groups excluding tert-OH is 1. The fraction of sp³-hybridized carbons (Fsp3) is 0.190. The SMILES string of the molecule is CC(C)(C)N/C(=C\C(O)=C/C(=O)Oc1ccccc1)c1ccc(Cl)cc1. The number of esters is 1. The monoisotopic (exact) mass is 371 g/mol. The van der Waals surface area contributed by atoms with Gasteiger partial charge in [-0.05, 0) is 50.6 Å². The van der Waals surface area contributed by atoms with Crippen molar-refractivity contribution >= 4 is 23.3 Å². The zero-order chi connectivity index (χ0) is 19.2. The molecule has 2 rings (SSSR count). The van der Waals surface area contributed by atoms with E-state index in [-0.39, 0.29) is 11.3 Å². The highest BCUT2D eigenvalue weighted by Crippen LogP contribution is 2.20. The number of hydrogen-bond acceptors (Lipinski definition) is 4. The van der Waals surface area contributed by atoms with Crippen molar-refractivity contribution in [1.29, 1.82) is 0 Å². The third-order valence-electron chi connectivity index (χ3n) is 3.18. The molecule has 0 radical (unpaired) electrons. The Hall–Kier alpha value is -2.72. The largest absolute Gasteiger partial charge is 0.508 e. The lowest BCUT2D eigenvalue weighted by Crippen LogP contribution is -2.34. The molecule has 0 unspecified atom stereocenters. The Balaban J connectivity index is 2.23. The molecule has 2 N–H and O–H groups in total. The van der Waals surface area contributed by atoms with Gasteiger partial charge in [0.15, 0.2) is 0 Å². The summed E-state index contributed by atoms with van der Waals surface area (Å²) in [5.74, 6) is -0.458. The first kappa shape index (κ1) is 19.6. The molecular formula is C21H22ClNO3. The molecule has 0 atom stereocenters. The van der Waals surface area contributed by atoms with E-state index in [1.165, 1.54) is 6.08 Å². The van der Waals surface area contributed by atoms with Gasteiger partial charge in [-0.25, -0.2) is 4.79 Å². The molecule has 5 heteroatoms. The van der Waals surface area contributed by atoms with E-state index >= 15 is 0 Å². The minimum Gasteiger partial charge on any atom is -0.508 e. The molecule has 0 aliphatic rings. The van der Waals surface area contributed by atoms with E-state index in [1.54, 1.807) is 36.4 Å². The average Bonchev–Trinajstić information content (AvgIpc) is 2.54. The van der Waals surface area contributed by atoms with Crippen molar-refractivity contribution in [2.24, 2.45) is 0 Å². The molecule has 0 heterocycles. The lowest BCUT2D eigenvalue weighted by molar-refractivity contribution is -0.129. The predicted octanol–water partition coefficient (Wildman–Crippen LogP) is 5.12. The Bertz CT molecular complexity index is 803. The summed E-state index contributed by atoms with van der Waals surface area (Å²) < 4.78 is 5.15. The van der Waals surface area contributed by atoms with Crippen LogP contribution in [-0.2, 0) is 4.79 Å². The molecule has 0 saturated heterocycles. The Labute approximate surface area is 158 Å². The van der Waals surface area contributed by atoms with Gasteiger partial charge in [0.05, 0.1) is 6.08 Å². The first-order valence-corrected chi connectivity index (χ1v) is 8.54. The molecule has 0 amide bonds. The predicted molar refractivity (Wildman–Crippen MR) is 105 cm³/mol. The van der Waals surface area contributed by atoms with E-state index < -0.39 is 5.97 Å². The summed E-state index contributed by atoms with van der Waals surface area (Å²) >= 11 is 5.94. The smallest absolute Gasteiger partial charge is 0.339 e. The first-order valence-electron chi connectivity index (χ1n) is 8.16. The summed E-state index contributed by atoms with van der Waals surface area (Å²) in [4.78, 5) is 11.9. The van der Waals surface area contributed by atoms with Crippen LogP contribution in [0.5, 0.6) is 5.75 Å². The van der Waals surface area contributed by atoms with Crippen LogP contribution in [0.25, 0.3) is 5.70 Å². The van der Waals surface area contributed by atoms with Crippen LogP contribution in [0.2, 0.25) is 5.02 Å². The third-order valence-corrected chi connectivity index (χ3v) is 3.44. The number of benzene rings is 2. The second-order valence-corrected chi connectivity index (χ2v) is 7.18. The van der Waals surface area contributed by atoms with Crippen LogP contribution in [0, 0.1) is 0 Å². The average molecular weight is 372 g/mol. The normalized spacial score (nSPS) is 12.6. The highest BCUT2D eigenvalue weighted by Gasteiger charge is 2.13. The zero-order valence-corrected chi connectivity index (χ0v) is 15.7. The van der Waals surface area contributed by atoms with Crippen LogP contribution in [0.4, 0.5) is 0 Å². The molecule has 0 bridgehead atoms. The lowest BCUT2D eigenvalue weighted by Gasteiger charge is -2.24. The van der Waals surface area contributed by atoms with Crippen molar-refractivity contribution in [3.05, 3.63) is 83.1 Å². The number of hydrogen-bond donors (Lipinski definition) is 2. The summed E-state index contributed by atoms with van der Waals surface area (Å²) in [6.07, 6.45) is 2.52. The fourth-order valence-electron chi connectivity index (χ4n) is 2.17. The van der Waals surface area contributed by atoms with Gasteiger partial charge in [-0.1, -0.05) is 41.9 Å². The van der Waals surface area contributed by atoms with E-state index in [0.29, 0.717) is 16.5 Å². The number of ether oxygens (including phenoxy) is 1. The summed E-state index contributed by atoms with van der Waals surface area (Å²) in [5.41, 5.74) is 1.26. The van der Waals surface area contributed by atoms with Gasteiger partial charge in [0.2, 0.25) is 0 Å². The van der Waals surface area contributed by atoms with Gasteiger partial charge >= 0.3 is 5.97 Å². The molecule has 4 nitrogen and oxygen atoms in total. The number of rotatable bonds is 5. The van der Waals surface area contributed by atoms with Gasteiger partial charge in [0.1, 0.15) is 11.5 Å². The van der Waals surface area contributed by atoms with Crippen molar-refractivity contribution in [3.63, 3.8) is 0 Å². The molecular weight excluding hydrogens is 350 g/mol. The standard InChI is InChI=1S/C21H22ClNO3/c1-21(2,3)23-19(15-9-11-16(22)12-10-15)13-17(24)14-20(25)26-18-7-5-4-6-8-18/h4-14,23-24H,1-3H3/b17-14+,19-13-. The van der Waals surface area contributed by atoms with Gasteiger partial charge in [0.25, 0.3) is 0 Å². The molecule has 0 aromatic heterocycles. The molecule has 0 spiro atoms. The summed E-state index contributed by atoms with van der Waals surface area (Å²) in [7, 11) is 0. The van der Waals surface area contributed by atoms with Gasteiger partial charge in [-0.3, -0.25) is 0 Å². The highest BCUT2D eigenvalue weighted by atomic mass is 35.5. The number of carbonyl (C=O) groups excluding carboxylic acids is 1. The number of para-hydroxylation sites is 1. The molecule has 2 aromatic rings. The highest BCUT2D eigenvalue weighted by molar-refractivity contribution is 6.30. The van der Waals surface area contributed by atoms with Crippen LogP contribution >= 0.6 is 11.6 Å². The van der Waals surface area contributed by atoms with Crippen molar-refractivity contribution in [1.82, 2.24) is 5.32 Å². The van der Waals surface area contributed by atoms with Gasteiger partial charge in [0, 0.05) is 22.3 Å². The van der Waals surface area contributed by atoms with Crippen LogP contribution in [0.3, 0.4) is 0 Å². The van der Waals surface area contributed by atoms with E-state index in [0.717, 1.165) is 11.6 Å². The van der Waals surface area contributed by atoms with Crippen molar-refractivity contribution in [2.75, 3.05) is 0 Å². The number of aliphatic hydroxyl groups is 1. The van der Waals surface area contributed by atoms with Gasteiger partial charge in [-0.15, -0.1) is 0 Å². The van der Waals surface area contributed by atoms with E-state index in [4.69, 9.17) is 16.3 Å². The lowest BCUT2D eigenvalue weighted by atomic mass is 10.0. The van der Waals surface area contributed by atoms with E-state index in [9.17, 15) is 9.90 Å². The van der Waals surface area contributed by atoms with Crippen molar-refractivity contribution < 1.29 is 14.6 Å². The van der Waals surface area contributed by atoms with Crippen molar-refractivity contribution in [3.8, 4) is 5.75 Å². The fourth-order valence-corrected chi connectivity index (χ4v) is 2.30. The molecule has 0 aliphatic heterocycles. The van der Waals surface area contributed by atoms with Gasteiger partial charge in [-0.2, -0.15) is 0 Å². The quantitative estimate of drug-likeness (QED) is 0.252. The van der Waals surface area contributed by atoms with E-state index in [2.05, 4.69) is 5.32 Å². The second-order valence-electron chi connectivity index (χ2n) is 6.74.